The Bertz CT molecular complexity index is 597. The number of carbonyl (C=O) groups is 2. The first kappa shape index (κ1) is 12.6. The maximum Gasteiger partial charge on any atom is 0.223 e. The third kappa shape index (κ3) is 2.93. The average Bonchev–Trinajstić information content (AvgIpc) is 2.95. The van der Waals surface area contributed by atoms with E-state index in [-0.39, 0.29) is 17.6 Å². The SMILES string of the molecule is O=C(c1ccsc1)c1ccc(CNC(=O)C2CC2)s1. The quantitative estimate of drug-likeness (QED) is 0.861. The van der Waals surface area contributed by atoms with Crippen molar-refractivity contribution in [1.29, 1.82) is 0 Å². The van der Waals surface area contributed by atoms with Crippen LogP contribution in [0.2, 0.25) is 0 Å². The fraction of sp³-hybridized carbons (Fsp3) is 0.286. The summed E-state index contributed by atoms with van der Waals surface area (Å²) in [5.41, 5.74) is 0.736. The molecule has 0 aromatic carbocycles. The van der Waals surface area contributed by atoms with Crippen molar-refractivity contribution in [3.63, 3.8) is 0 Å². The highest BCUT2D eigenvalue weighted by molar-refractivity contribution is 7.14. The van der Waals surface area contributed by atoms with Gasteiger partial charge in [0.1, 0.15) is 0 Å². The van der Waals surface area contributed by atoms with Crippen LogP contribution in [0, 0.1) is 5.92 Å². The summed E-state index contributed by atoms with van der Waals surface area (Å²) in [4.78, 5) is 25.4. The first-order chi connectivity index (χ1) is 9.24. The molecule has 1 aliphatic carbocycles. The van der Waals surface area contributed by atoms with E-state index in [4.69, 9.17) is 0 Å². The van der Waals surface area contributed by atoms with Gasteiger partial charge < -0.3 is 5.32 Å². The van der Waals surface area contributed by atoms with E-state index >= 15 is 0 Å². The smallest absolute Gasteiger partial charge is 0.223 e. The highest BCUT2D eigenvalue weighted by Crippen LogP contribution is 2.29. The van der Waals surface area contributed by atoms with Crippen molar-refractivity contribution < 1.29 is 9.59 Å². The van der Waals surface area contributed by atoms with Crippen molar-refractivity contribution in [2.45, 2.75) is 19.4 Å². The van der Waals surface area contributed by atoms with Gasteiger partial charge in [0, 0.05) is 21.7 Å². The summed E-state index contributed by atoms with van der Waals surface area (Å²) in [6, 6.07) is 5.59. The Balaban J connectivity index is 1.62. The maximum absolute atomic E-state index is 12.1. The molecule has 1 N–H and O–H groups in total. The highest BCUT2D eigenvalue weighted by atomic mass is 32.1. The molecule has 1 aliphatic rings. The Hall–Kier alpha value is -1.46. The van der Waals surface area contributed by atoms with Gasteiger partial charge in [-0.15, -0.1) is 11.3 Å². The van der Waals surface area contributed by atoms with E-state index in [1.807, 2.05) is 29.0 Å². The van der Waals surface area contributed by atoms with E-state index in [9.17, 15) is 9.59 Å². The molecule has 0 saturated heterocycles. The van der Waals surface area contributed by atoms with E-state index in [1.165, 1.54) is 22.7 Å². The van der Waals surface area contributed by atoms with Gasteiger partial charge in [-0.3, -0.25) is 9.59 Å². The van der Waals surface area contributed by atoms with Crippen molar-refractivity contribution in [2.75, 3.05) is 0 Å². The molecule has 0 bridgehead atoms. The zero-order valence-corrected chi connectivity index (χ0v) is 11.9. The molecule has 0 radical (unpaired) electrons. The predicted octanol–water partition coefficient (Wildman–Crippen LogP) is 3.07. The first-order valence-electron chi connectivity index (χ1n) is 6.17. The second kappa shape index (κ2) is 5.27. The molecular formula is C14H13NO2S2. The lowest BCUT2D eigenvalue weighted by atomic mass is 10.2. The van der Waals surface area contributed by atoms with Gasteiger partial charge in [0.05, 0.1) is 11.4 Å². The minimum Gasteiger partial charge on any atom is -0.351 e. The van der Waals surface area contributed by atoms with E-state index < -0.39 is 0 Å². The normalized spacial score (nSPS) is 14.3. The number of thiophene rings is 2. The van der Waals surface area contributed by atoms with Crippen LogP contribution < -0.4 is 5.32 Å². The molecule has 3 rings (SSSR count). The third-order valence-corrected chi connectivity index (χ3v) is 4.82. The molecule has 19 heavy (non-hydrogen) atoms. The molecule has 1 amide bonds. The maximum atomic E-state index is 12.1. The summed E-state index contributed by atoms with van der Waals surface area (Å²) in [7, 11) is 0. The van der Waals surface area contributed by atoms with Gasteiger partial charge in [0.2, 0.25) is 11.7 Å². The summed E-state index contributed by atoms with van der Waals surface area (Å²) in [5, 5.41) is 6.67. The Labute approximate surface area is 119 Å². The highest BCUT2D eigenvalue weighted by Gasteiger charge is 2.29. The van der Waals surface area contributed by atoms with Crippen LogP contribution in [-0.4, -0.2) is 11.7 Å². The summed E-state index contributed by atoms with van der Waals surface area (Å²) < 4.78 is 0. The van der Waals surface area contributed by atoms with Crippen LogP contribution in [0.1, 0.15) is 33.0 Å². The molecule has 2 heterocycles. The number of ketones is 1. The van der Waals surface area contributed by atoms with Crippen LogP contribution in [0.3, 0.4) is 0 Å². The number of hydrogen-bond donors (Lipinski definition) is 1. The zero-order chi connectivity index (χ0) is 13.2. The van der Waals surface area contributed by atoms with Crippen LogP contribution in [0.4, 0.5) is 0 Å². The Kier molecular flexibility index (Phi) is 3.48. The van der Waals surface area contributed by atoms with Gasteiger partial charge in [-0.1, -0.05) is 0 Å². The van der Waals surface area contributed by atoms with Gasteiger partial charge >= 0.3 is 0 Å². The van der Waals surface area contributed by atoms with E-state index in [1.54, 1.807) is 0 Å². The number of nitrogens with one attached hydrogen (secondary N) is 1. The molecule has 0 unspecified atom stereocenters. The molecular weight excluding hydrogens is 278 g/mol. The van der Waals surface area contributed by atoms with Crippen LogP contribution >= 0.6 is 22.7 Å². The molecule has 5 heteroatoms. The molecule has 0 spiro atoms. The fourth-order valence-electron chi connectivity index (χ4n) is 1.79. The Morgan fingerprint density at radius 1 is 1.26 bits per heavy atom. The molecule has 2 aromatic heterocycles. The lowest BCUT2D eigenvalue weighted by Gasteiger charge is -2.00. The van der Waals surface area contributed by atoms with Crippen molar-refractivity contribution >= 4 is 34.4 Å². The third-order valence-electron chi connectivity index (χ3n) is 3.05. The molecule has 1 fully saturated rings. The first-order valence-corrected chi connectivity index (χ1v) is 7.93. The predicted molar refractivity (Wildman–Crippen MR) is 76.6 cm³/mol. The number of hydrogen-bond acceptors (Lipinski definition) is 4. The van der Waals surface area contributed by atoms with Gasteiger partial charge in [0.15, 0.2) is 0 Å². The monoisotopic (exact) mass is 291 g/mol. The lowest BCUT2D eigenvalue weighted by Crippen LogP contribution is -2.23. The van der Waals surface area contributed by atoms with Crippen LogP contribution in [0.25, 0.3) is 0 Å². The van der Waals surface area contributed by atoms with E-state index in [0.29, 0.717) is 6.54 Å². The minimum atomic E-state index is 0.0611. The average molecular weight is 291 g/mol. The lowest BCUT2D eigenvalue weighted by molar-refractivity contribution is -0.122. The summed E-state index contributed by atoms with van der Waals surface area (Å²) in [6.07, 6.45) is 2.02. The summed E-state index contributed by atoms with van der Waals surface area (Å²) in [5.74, 6) is 0.428. The van der Waals surface area contributed by atoms with Crippen LogP contribution in [0.5, 0.6) is 0 Å². The molecule has 0 aliphatic heterocycles. The molecule has 0 atom stereocenters. The van der Waals surface area contributed by atoms with Crippen molar-refractivity contribution in [1.82, 2.24) is 5.32 Å². The van der Waals surface area contributed by atoms with Gasteiger partial charge in [-0.25, -0.2) is 0 Å². The topological polar surface area (TPSA) is 46.2 Å². The second-order valence-corrected chi connectivity index (χ2v) is 6.55. The molecule has 3 nitrogen and oxygen atoms in total. The Morgan fingerprint density at radius 3 is 2.79 bits per heavy atom. The van der Waals surface area contributed by atoms with Gasteiger partial charge in [0.25, 0.3) is 0 Å². The summed E-state index contributed by atoms with van der Waals surface area (Å²) in [6.45, 7) is 0.525. The van der Waals surface area contributed by atoms with Crippen LogP contribution in [0.15, 0.2) is 29.0 Å². The number of rotatable bonds is 5. The summed E-state index contributed by atoms with van der Waals surface area (Å²) >= 11 is 2.97. The van der Waals surface area contributed by atoms with E-state index in [2.05, 4.69) is 5.32 Å². The molecule has 2 aromatic rings. The van der Waals surface area contributed by atoms with Crippen molar-refractivity contribution in [2.24, 2.45) is 5.92 Å². The van der Waals surface area contributed by atoms with Crippen molar-refractivity contribution in [3.05, 3.63) is 44.3 Å². The zero-order valence-electron chi connectivity index (χ0n) is 10.2. The van der Waals surface area contributed by atoms with Crippen LogP contribution in [-0.2, 0) is 11.3 Å². The standard InChI is InChI=1S/C14H13NO2S2/c16-13(10-5-6-18-8-10)12-4-3-11(19-12)7-15-14(17)9-1-2-9/h3-6,8-9H,1-2,7H2,(H,15,17). The number of amides is 1. The molecule has 1 saturated carbocycles. The minimum absolute atomic E-state index is 0.0611. The number of carbonyl (C=O) groups excluding carboxylic acids is 2. The van der Waals surface area contributed by atoms with Gasteiger partial charge in [-0.2, -0.15) is 11.3 Å². The molecule has 98 valence electrons. The fourth-order valence-corrected chi connectivity index (χ4v) is 3.34. The largest absolute Gasteiger partial charge is 0.351 e. The van der Waals surface area contributed by atoms with Crippen molar-refractivity contribution in [3.8, 4) is 0 Å². The Morgan fingerprint density at radius 2 is 2.11 bits per heavy atom. The second-order valence-electron chi connectivity index (χ2n) is 4.60. The van der Waals surface area contributed by atoms with Gasteiger partial charge in [-0.05, 0) is 36.4 Å². The van der Waals surface area contributed by atoms with E-state index in [0.717, 1.165) is 28.2 Å².